The zero-order valence-corrected chi connectivity index (χ0v) is 11.3. The van der Waals surface area contributed by atoms with Crippen molar-refractivity contribution in [1.82, 2.24) is 15.6 Å². The van der Waals surface area contributed by atoms with Crippen molar-refractivity contribution in [3.63, 3.8) is 0 Å². The van der Waals surface area contributed by atoms with Crippen LogP contribution in [0.1, 0.15) is 16.9 Å². The molecule has 1 heterocycles. The van der Waals surface area contributed by atoms with Gasteiger partial charge in [0.25, 0.3) is 5.91 Å². The molecule has 1 rings (SSSR count). The van der Waals surface area contributed by atoms with E-state index in [0.29, 0.717) is 19.0 Å². The van der Waals surface area contributed by atoms with Gasteiger partial charge in [-0.15, -0.1) is 0 Å². The van der Waals surface area contributed by atoms with Gasteiger partial charge in [0.15, 0.2) is 0 Å². The van der Waals surface area contributed by atoms with Crippen LogP contribution in [0.3, 0.4) is 0 Å². The number of nitrogens with two attached hydrogens (primary N) is 1. The lowest BCUT2D eigenvalue weighted by molar-refractivity contribution is -0.121. The third-order valence-corrected chi connectivity index (χ3v) is 2.40. The number of nitrogens with one attached hydrogen (secondary N) is 3. The Kier molecular flexibility index (Phi) is 7.01. The molecule has 0 aliphatic heterocycles. The zero-order valence-electron chi connectivity index (χ0n) is 11.3. The molecule has 0 saturated carbocycles. The van der Waals surface area contributed by atoms with Crippen LogP contribution >= 0.6 is 0 Å². The molecule has 1 aromatic rings. The van der Waals surface area contributed by atoms with E-state index < -0.39 is 0 Å². The highest BCUT2D eigenvalue weighted by Crippen LogP contribution is 2.02. The number of ether oxygens (including phenoxy) is 1. The summed E-state index contributed by atoms with van der Waals surface area (Å²) in [5.74, 6) is 5.11. The molecule has 0 unspecified atom stereocenters. The first-order valence-corrected chi connectivity index (χ1v) is 6.15. The van der Waals surface area contributed by atoms with E-state index in [1.54, 1.807) is 25.3 Å². The van der Waals surface area contributed by atoms with E-state index in [1.165, 1.54) is 0 Å². The van der Waals surface area contributed by atoms with Crippen molar-refractivity contribution in [2.24, 2.45) is 5.84 Å². The molecule has 0 aliphatic carbocycles. The van der Waals surface area contributed by atoms with Crippen LogP contribution in [0.15, 0.2) is 18.2 Å². The maximum absolute atomic E-state index is 11.8. The van der Waals surface area contributed by atoms with Gasteiger partial charge in [-0.2, -0.15) is 0 Å². The number of nitrogens with zero attached hydrogens (tertiary/aromatic N) is 1. The maximum atomic E-state index is 11.8. The van der Waals surface area contributed by atoms with Gasteiger partial charge in [0.2, 0.25) is 5.91 Å². The molecule has 0 spiro atoms. The minimum absolute atomic E-state index is 0.146. The number of amides is 2. The normalized spacial score (nSPS) is 9.90. The molecule has 0 aliphatic rings. The first-order chi connectivity index (χ1) is 9.67. The number of methoxy groups -OCH3 is 1. The molecule has 0 atom stereocenters. The van der Waals surface area contributed by atoms with E-state index >= 15 is 0 Å². The topological polar surface area (TPSA) is 118 Å². The van der Waals surface area contributed by atoms with Crippen LogP contribution in [0.2, 0.25) is 0 Å². The second-order valence-electron chi connectivity index (χ2n) is 3.90. The Morgan fingerprint density at radius 3 is 2.80 bits per heavy atom. The SMILES string of the molecule is COCCNC(=O)CCNC(=O)c1cccc(NN)n1. The number of hydrazine groups is 1. The van der Waals surface area contributed by atoms with Crippen LogP contribution in [0.5, 0.6) is 0 Å². The smallest absolute Gasteiger partial charge is 0.269 e. The molecular formula is C12H19N5O3. The summed E-state index contributed by atoms with van der Waals surface area (Å²) in [5.41, 5.74) is 2.59. The number of pyridine rings is 1. The predicted molar refractivity (Wildman–Crippen MR) is 73.9 cm³/mol. The van der Waals surface area contributed by atoms with Crippen molar-refractivity contribution in [3.05, 3.63) is 23.9 Å². The Morgan fingerprint density at radius 1 is 1.30 bits per heavy atom. The fourth-order valence-electron chi connectivity index (χ4n) is 1.40. The van der Waals surface area contributed by atoms with E-state index in [1.807, 2.05) is 0 Å². The quantitative estimate of drug-likeness (QED) is 0.283. The van der Waals surface area contributed by atoms with Gasteiger partial charge in [0, 0.05) is 26.6 Å². The van der Waals surface area contributed by atoms with Crippen LogP contribution in [0.25, 0.3) is 0 Å². The van der Waals surface area contributed by atoms with Crippen molar-refractivity contribution in [3.8, 4) is 0 Å². The molecule has 2 amide bonds. The summed E-state index contributed by atoms with van der Waals surface area (Å²) < 4.78 is 4.81. The van der Waals surface area contributed by atoms with Gasteiger partial charge in [0.1, 0.15) is 11.5 Å². The Labute approximate surface area is 117 Å². The van der Waals surface area contributed by atoms with Gasteiger partial charge >= 0.3 is 0 Å². The van der Waals surface area contributed by atoms with Crippen molar-refractivity contribution in [2.45, 2.75) is 6.42 Å². The fraction of sp³-hybridized carbons (Fsp3) is 0.417. The molecule has 0 saturated heterocycles. The standard InChI is InChI=1S/C12H19N5O3/c1-20-8-7-14-11(18)5-6-15-12(19)9-3-2-4-10(16-9)17-13/h2-4H,5-8,13H2,1H3,(H,14,18)(H,15,19)(H,16,17). The van der Waals surface area contributed by atoms with Gasteiger partial charge in [-0.3, -0.25) is 9.59 Å². The fourth-order valence-corrected chi connectivity index (χ4v) is 1.40. The zero-order chi connectivity index (χ0) is 14.8. The van der Waals surface area contributed by atoms with E-state index in [9.17, 15) is 9.59 Å². The highest BCUT2D eigenvalue weighted by molar-refractivity contribution is 5.92. The van der Waals surface area contributed by atoms with Gasteiger partial charge in [-0.05, 0) is 12.1 Å². The Morgan fingerprint density at radius 2 is 2.10 bits per heavy atom. The molecule has 0 fully saturated rings. The Bertz CT molecular complexity index is 452. The number of carbonyl (C=O) groups excluding carboxylic acids is 2. The molecule has 1 aromatic heterocycles. The van der Waals surface area contributed by atoms with Crippen molar-refractivity contribution in [2.75, 3.05) is 32.2 Å². The Balaban J connectivity index is 2.30. The van der Waals surface area contributed by atoms with E-state index in [2.05, 4.69) is 21.0 Å². The van der Waals surface area contributed by atoms with Gasteiger partial charge in [0.05, 0.1) is 6.61 Å². The summed E-state index contributed by atoms with van der Waals surface area (Å²) in [6, 6.07) is 4.86. The van der Waals surface area contributed by atoms with E-state index in [0.717, 1.165) is 0 Å². The van der Waals surface area contributed by atoms with Gasteiger partial charge in [-0.1, -0.05) is 6.07 Å². The monoisotopic (exact) mass is 281 g/mol. The minimum atomic E-state index is -0.355. The van der Waals surface area contributed by atoms with Crippen LogP contribution in [-0.4, -0.2) is 43.6 Å². The number of aromatic nitrogens is 1. The lowest BCUT2D eigenvalue weighted by Gasteiger charge is -2.07. The summed E-state index contributed by atoms with van der Waals surface area (Å²) in [4.78, 5) is 27.1. The predicted octanol–water partition coefficient (Wildman–Crippen LogP) is -0.750. The first kappa shape index (κ1) is 15.9. The second-order valence-corrected chi connectivity index (χ2v) is 3.90. The molecule has 110 valence electrons. The highest BCUT2D eigenvalue weighted by atomic mass is 16.5. The number of anilines is 1. The average molecular weight is 281 g/mol. The number of carbonyl (C=O) groups is 2. The van der Waals surface area contributed by atoms with Crippen molar-refractivity contribution < 1.29 is 14.3 Å². The van der Waals surface area contributed by atoms with Gasteiger partial charge < -0.3 is 20.8 Å². The van der Waals surface area contributed by atoms with Crippen LogP contribution in [0, 0.1) is 0 Å². The Hall–Kier alpha value is -2.19. The highest BCUT2D eigenvalue weighted by Gasteiger charge is 2.08. The summed E-state index contributed by atoms with van der Waals surface area (Å²) in [6.07, 6.45) is 0.199. The molecule has 0 radical (unpaired) electrons. The molecule has 0 aromatic carbocycles. The maximum Gasteiger partial charge on any atom is 0.269 e. The molecule has 8 nitrogen and oxygen atoms in total. The lowest BCUT2D eigenvalue weighted by atomic mass is 10.3. The minimum Gasteiger partial charge on any atom is -0.383 e. The third-order valence-electron chi connectivity index (χ3n) is 2.40. The average Bonchev–Trinajstić information content (AvgIpc) is 2.47. The summed E-state index contributed by atoms with van der Waals surface area (Å²) in [6.45, 7) is 1.15. The van der Waals surface area contributed by atoms with Crippen molar-refractivity contribution >= 4 is 17.6 Å². The van der Waals surface area contributed by atoms with Crippen LogP contribution in [0.4, 0.5) is 5.82 Å². The van der Waals surface area contributed by atoms with Crippen LogP contribution in [-0.2, 0) is 9.53 Å². The number of hydrogen-bond acceptors (Lipinski definition) is 6. The summed E-state index contributed by atoms with van der Waals surface area (Å²) in [5, 5.41) is 5.27. The largest absolute Gasteiger partial charge is 0.383 e. The van der Waals surface area contributed by atoms with Crippen LogP contribution < -0.4 is 21.9 Å². The first-order valence-electron chi connectivity index (χ1n) is 6.15. The van der Waals surface area contributed by atoms with Crippen molar-refractivity contribution in [1.29, 1.82) is 0 Å². The number of rotatable bonds is 8. The molecular weight excluding hydrogens is 262 g/mol. The molecule has 0 bridgehead atoms. The number of nitrogen functional groups attached to an aromatic ring is 1. The second kappa shape index (κ2) is 8.83. The molecule has 20 heavy (non-hydrogen) atoms. The summed E-state index contributed by atoms with van der Waals surface area (Å²) in [7, 11) is 1.56. The summed E-state index contributed by atoms with van der Waals surface area (Å²) >= 11 is 0. The molecule has 8 heteroatoms. The lowest BCUT2D eigenvalue weighted by Crippen LogP contribution is -2.32. The number of hydrogen-bond donors (Lipinski definition) is 4. The molecule has 5 N–H and O–H groups in total. The third kappa shape index (κ3) is 5.63. The van der Waals surface area contributed by atoms with E-state index in [-0.39, 0.29) is 30.5 Å². The van der Waals surface area contributed by atoms with E-state index in [4.69, 9.17) is 10.6 Å². The van der Waals surface area contributed by atoms with Gasteiger partial charge in [-0.25, -0.2) is 10.8 Å².